The first kappa shape index (κ1) is 30.8. The molecule has 0 aliphatic carbocycles. The molecule has 0 radical (unpaired) electrons. The molecular weight excluding hydrogens is 528 g/mol. The lowest BCUT2D eigenvalue weighted by atomic mass is 9.97. The zero-order valence-electron chi connectivity index (χ0n) is 24.4. The molecule has 0 saturated carbocycles. The number of hydrogen-bond donors (Lipinski definition) is 2. The molecule has 3 heterocycles. The van der Waals surface area contributed by atoms with Crippen LogP contribution in [0.25, 0.3) is 11.3 Å². The molecule has 1 amide bonds. The second-order valence-electron chi connectivity index (χ2n) is 11.2. The fourth-order valence-electron chi connectivity index (χ4n) is 4.71. The van der Waals surface area contributed by atoms with Crippen molar-refractivity contribution in [3.8, 4) is 17.1 Å². The molecule has 3 N–H and O–H groups in total. The third kappa shape index (κ3) is 7.47. The molecule has 11 heteroatoms. The Labute approximate surface area is 237 Å². The first-order valence-electron chi connectivity index (χ1n) is 13.2. The standard InChI is InChI=1S/C29H40N6O4S/c1-9-10-25(30)32-21(6)40(37,38)34-28(36)23-11-12-24(33-27(23)35-16-19(4)15-29(35,7)8)22-13-20(5)31-26(14-22)39-17-18(2)3/h9-14,18-19H,1,15-17,30H2,2-8H3,(H,34,36)/b25-10-,32-21?/t19-/m0/s1. The minimum absolute atomic E-state index is 0.0470. The van der Waals surface area contributed by atoms with E-state index in [0.717, 1.165) is 17.7 Å². The number of rotatable bonds is 8. The Morgan fingerprint density at radius 3 is 2.62 bits per heavy atom. The van der Waals surface area contributed by atoms with Gasteiger partial charge in [-0.1, -0.05) is 33.4 Å². The molecule has 1 atom stereocenters. The van der Waals surface area contributed by atoms with Gasteiger partial charge < -0.3 is 15.4 Å². The van der Waals surface area contributed by atoms with Crippen molar-refractivity contribution in [3.63, 3.8) is 0 Å². The lowest BCUT2D eigenvalue weighted by Gasteiger charge is -2.34. The van der Waals surface area contributed by atoms with Crippen molar-refractivity contribution in [1.29, 1.82) is 0 Å². The highest BCUT2D eigenvalue weighted by Crippen LogP contribution is 2.38. The second-order valence-corrected chi connectivity index (χ2v) is 13.0. The highest BCUT2D eigenvalue weighted by Gasteiger charge is 2.39. The summed E-state index contributed by atoms with van der Waals surface area (Å²) in [4.78, 5) is 28.8. The summed E-state index contributed by atoms with van der Waals surface area (Å²) in [6, 6.07) is 7.02. The number of anilines is 1. The molecule has 216 valence electrons. The smallest absolute Gasteiger partial charge is 0.277 e. The predicted molar refractivity (Wildman–Crippen MR) is 160 cm³/mol. The fourth-order valence-corrected chi connectivity index (χ4v) is 5.44. The summed E-state index contributed by atoms with van der Waals surface area (Å²) in [7, 11) is -4.26. The number of aliphatic imine (C=N–C) groups is 1. The Kier molecular flexibility index (Phi) is 9.40. The molecule has 40 heavy (non-hydrogen) atoms. The quantitative estimate of drug-likeness (QED) is 0.268. The van der Waals surface area contributed by atoms with Gasteiger partial charge in [0.2, 0.25) is 5.88 Å². The van der Waals surface area contributed by atoms with Crippen molar-refractivity contribution in [1.82, 2.24) is 14.7 Å². The summed E-state index contributed by atoms with van der Waals surface area (Å²) >= 11 is 0. The maximum absolute atomic E-state index is 13.4. The molecule has 1 aliphatic rings. The van der Waals surface area contributed by atoms with Gasteiger partial charge in [0.25, 0.3) is 15.9 Å². The lowest BCUT2D eigenvalue weighted by molar-refractivity contribution is 0.0982. The number of sulfonamides is 1. The number of allylic oxidation sites excluding steroid dienone is 2. The van der Waals surface area contributed by atoms with Crippen molar-refractivity contribution in [2.75, 3.05) is 18.1 Å². The first-order chi connectivity index (χ1) is 18.6. The molecule has 0 spiro atoms. The molecule has 2 aromatic heterocycles. The van der Waals surface area contributed by atoms with Gasteiger partial charge in [-0.05, 0) is 70.2 Å². The van der Waals surface area contributed by atoms with E-state index in [1.807, 2.05) is 19.1 Å². The number of ether oxygens (including phenoxy) is 1. The van der Waals surface area contributed by atoms with Crippen molar-refractivity contribution in [2.45, 2.75) is 60.4 Å². The van der Waals surface area contributed by atoms with Gasteiger partial charge in [0, 0.05) is 29.4 Å². The number of aromatic nitrogens is 2. The molecule has 2 aromatic rings. The van der Waals surface area contributed by atoms with E-state index in [2.05, 4.69) is 60.8 Å². The van der Waals surface area contributed by atoms with Gasteiger partial charge in [0.1, 0.15) is 11.6 Å². The van der Waals surface area contributed by atoms with Gasteiger partial charge in [-0.25, -0.2) is 19.7 Å². The highest BCUT2D eigenvalue weighted by molar-refractivity contribution is 8.05. The SMILES string of the molecule is C=C/C=C(/N)N=C(C)S(=O)(=O)NC(=O)c1ccc(-c2cc(C)nc(OCC(C)C)c2)nc1N1C[C@@H](C)CC1(C)C. The normalized spacial score (nSPS) is 17.7. The van der Waals surface area contributed by atoms with E-state index in [9.17, 15) is 13.2 Å². The van der Waals surface area contributed by atoms with Crippen LogP contribution in [0.5, 0.6) is 5.88 Å². The van der Waals surface area contributed by atoms with Crippen LogP contribution in [0.15, 0.2) is 53.8 Å². The number of nitrogens with two attached hydrogens (primary N) is 1. The molecule has 1 saturated heterocycles. The predicted octanol–water partition coefficient (Wildman–Crippen LogP) is 4.58. The van der Waals surface area contributed by atoms with Gasteiger partial charge in [-0.2, -0.15) is 8.42 Å². The first-order valence-corrected chi connectivity index (χ1v) is 14.7. The Bertz CT molecular complexity index is 1450. The van der Waals surface area contributed by atoms with Gasteiger partial charge >= 0.3 is 0 Å². The zero-order chi connectivity index (χ0) is 29.8. The molecule has 10 nitrogen and oxygen atoms in total. The summed E-state index contributed by atoms with van der Waals surface area (Å²) in [5.74, 6) is 0.737. The van der Waals surface area contributed by atoms with Crippen LogP contribution in [0.3, 0.4) is 0 Å². The van der Waals surface area contributed by atoms with E-state index in [1.165, 1.54) is 19.1 Å². The molecule has 1 fully saturated rings. The molecule has 1 aliphatic heterocycles. The second kappa shape index (κ2) is 12.2. The van der Waals surface area contributed by atoms with Gasteiger partial charge in [0.15, 0.2) is 5.04 Å². The molecule has 3 rings (SSSR count). The monoisotopic (exact) mass is 568 g/mol. The van der Waals surface area contributed by atoms with E-state index in [4.69, 9.17) is 15.5 Å². The number of nitrogens with one attached hydrogen (secondary N) is 1. The van der Waals surface area contributed by atoms with E-state index in [1.54, 1.807) is 12.1 Å². The lowest BCUT2D eigenvalue weighted by Crippen LogP contribution is -2.41. The zero-order valence-corrected chi connectivity index (χ0v) is 25.2. The summed E-state index contributed by atoms with van der Waals surface area (Å²) in [5, 5.41) is -0.348. The van der Waals surface area contributed by atoms with Crippen molar-refractivity contribution in [3.05, 3.63) is 60.1 Å². The Hall–Kier alpha value is -3.73. The van der Waals surface area contributed by atoms with Crippen molar-refractivity contribution >= 4 is 26.8 Å². The number of nitrogens with zero attached hydrogens (tertiary/aromatic N) is 4. The average molecular weight is 569 g/mol. The van der Waals surface area contributed by atoms with Gasteiger partial charge in [-0.15, -0.1) is 0 Å². The molecule has 0 aromatic carbocycles. The number of carbonyl (C=O) groups is 1. The van der Waals surface area contributed by atoms with Gasteiger partial charge in [-0.3, -0.25) is 4.79 Å². The van der Waals surface area contributed by atoms with E-state index in [-0.39, 0.29) is 22.0 Å². The molecule has 0 bridgehead atoms. The van der Waals surface area contributed by atoms with Crippen LogP contribution >= 0.6 is 0 Å². The fraction of sp³-hybridized carbons (Fsp3) is 0.448. The number of aryl methyl sites for hydroxylation is 1. The largest absolute Gasteiger partial charge is 0.477 e. The van der Waals surface area contributed by atoms with Crippen LogP contribution in [0.1, 0.15) is 64.0 Å². The van der Waals surface area contributed by atoms with Crippen LogP contribution in [-0.4, -0.2) is 48.0 Å². The van der Waals surface area contributed by atoms with E-state index in [0.29, 0.717) is 42.4 Å². The topological polar surface area (TPSA) is 140 Å². The maximum atomic E-state index is 13.4. The number of hydrogen-bond acceptors (Lipinski definition) is 9. The molecule has 0 unspecified atom stereocenters. The third-order valence-electron chi connectivity index (χ3n) is 6.43. The summed E-state index contributed by atoms with van der Waals surface area (Å²) in [5.41, 5.74) is 7.69. The van der Waals surface area contributed by atoms with Crippen LogP contribution < -0.4 is 20.1 Å². The summed E-state index contributed by atoms with van der Waals surface area (Å²) in [6.45, 7) is 18.3. The van der Waals surface area contributed by atoms with Crippen molar-refractivity contribution < 1.29 is 17.9 Å². The number of amides is 1. The van der Waals surface area contributed by atoms with E-state index < -0.39 is 15.9 Å². The van der Waals surface area contributed by atoms with Crippen LogP contribution in [0, 0.1) is 18.8 Å². The summed E-state index contributed by atoms with van der Waals surface area (Å²) in [6.07, 6.45) is 3.64. The van der Waals surface area contributed by atoms with Crippen LogP contribution in [0.4, 0.5) is 5.82 Å². The Balaban J connectivity index is 2.07. The third-order valence-corrected chi connectivity index (χ3v) is 7.75. The summed E-state index contributed by atoms with van der Waals surface area (Å²) < 4.78 is 33.8. The van der Waals surface area contributed by atoms with E-state index >= 15 is 0 Å². The van der Waals surface area contributed by atoms with Gasteiger partial charge in [0.05, 0.1) is 17.9 Å². The Morgan fingerprint density at radius 1 is 1.32 bits per heavy atom. The van der Waals surface area contributed by atoms with Crippen LogP contribution in [0.2, 0.25) is 0 Å². The Morgan fingerprint density at radius 2 is 2.02 bits per heavy atom. The minimum atomic E-state index is -4.26. The minimum Gasteiger partial charge on any atom is -0.477 e. The van der Waals surface area contributed by atoms with Crippen LogP contribution in [-0.2, 0) is 10.0 Å². The maximum Gasteiger partial charge on any atom is 0.277 e. The van der Waals surface area contributed by atoms with Crippen molar-refractivity contribution in [2.24, 2.45) is 22.6 Å². The molecular formula is C29H40N6O4S. The number of carbonyl (C=O) groups excluding carboxylic acids is 1. The highest BCUT2D eigenvalue weighted by atomic mass is 32.2. The number of pyridine rings is 2. The average Bonchev–Trinajstić information content (AvgIpc) is 3.13.